The summed E-state index contributed by atoms with van der Waals surface area (Å²) in [6.07, 6.45) is 3.64. The van der Waals surface area contributed by atoms with Crippen molar-refractivity contribution in [2.45, 2.75) is 13.3 Å². The highest BCUT2D eigenvalue weighted by molar-refractivity contribution is 6.33. The molecule has 1 heterocycles. The van der Waals surface area contributed by atoms with E-state index in [1.165, 1.54) is 12.4 Å². The van der Waals surface area contributed by atoms with Crippen molar-refractivity contribution in [2.75, 3.05) is 13.2 Å². The smallest absolute Gasteiger partial charge is 0.254 e. The SMILES string of the molecule is CC(CCO)CNC(=O)c1cnccc1Cl. The standard InChI is InChI=1S/C11H15ClN2O2/c1-8(3-5-15)6-14-11(16)9-7-13-4-2-10(9)12/h2,4,7-8,15H,3,5-6H2,1H3,(H,14,16). The molecule has 0 aromatic carbocycles. The first kappa shape index (κ1) is 12.9. The van der Waals surface area contributed by atoms with Crippen molar-refractivity contribution in [3.05, 3.63) is 29.0 Å². The van der Waals surface area contributed by atoms with E-state index in [0.717, 1.165) is 0 Å². The van der Waals surface area contributed by atoms with E-state index in [4.69, 9.17) is 16.7 Å². The van der Waals surface area contributed by atoms with Gasteiger partial charge in [0.05, 0.1) is 10.6 Å². The van der Waals surface area contributed by atoms with Crippen LogP contribution >= 0.6 is 11.6 Å². The number of aliphatic hydroxyl groups excluding tert-OH is 1. The lowest BCUT2D eigenvalue weighted by Gasteiger charge is -2.11. The Kier molecular flexibility index (Phi) is 5.22. The zero-order chi connectivity index (χ0) is 12.0. The Morgan fingerprint density at radius 2 is 2.44 bits per heavy atom. The van der Waals surface area contributed by atoms with Crippen molar-refractivity contribution in [1.82, 2.24) is 10.3 Å². The zero-order valence-electron chi connectivity index (χ0n) is 9.11. The van der Waals surface area contributed by atoms with Crippen LogP contribution in [-0.2, 0) is 0 Å². The molecule has 0 fully saturated rings. The second kappa shape index (κ2) is 6.45. The maximum absolute atomic E-state index is 11.7. The van der Waals surface area contributed by atoms with Crippen LogP contribution in [0.25, 0.3) is 0 Å². The van der Waals surface area contributed by atoms with E-state index in [1.54, 1.807) is 6.07 Å². The molecule has 0 saturated carbocycles. The summed E-state index contributed by atoms with van der Waals surface area (Å²) in [6, 6.07) is 1.58. The first-order valence-electron chi connectivity index (χ1n) is 5.13. The van der Waals surface area contributed by atoms with Gasteiger partial charge in [-0.15, -0.1) is 0 Å². The zero-order valence-corrected chi connectivity index (χ0v) is 9.87. The molecule has 16 heavy (non-hydrogen) atoms. The van der Waals surface area contributed by atoms with Gasteiger partial charge in [-0.2, -0.15) is 0 Å². The van der Waals surface area contributed by atoms with Crippen molar-refractivity contribution in [3.8, 4) is 0 Å². The van der Waals surface area contributed by atoms with Crippen LogP contribution in [0.4, 0.5) is 0 Å². The third-order valence-corrected chi connectivity index (χ3v) is 2.58. The highest BCUT2D eigenvalue weighted by Gasteiger charge is 2.10. The minimum Gasteiger partial charge on any atom is -0.396 e. The maximum Gasteiger partial charge on any atom is 0.254 e. The lowest BCUT2D eigenvalue weighted by Crippen LogP contribution is -2.28. The molecule has 5 heteroatoms. The fourth-order valence-electron chi connectivity index (χ4n) is 1.23. The molecule has 0 radical (unpaired) electrons. The van der Waals surface area contributed by atoms with E-state index in [0.29, 0.717) is 23.6 Å². The molecule has 0 aliphatic carbocycles. The van der Waals surface area contributed by atoms with Gasteiger partial charge in [0.25, 0.3) is 5.91 Å². The van der Waals surface area contributed by atoms with Gasteiger partial charge in [0.1, 0.15) is 0 Å². The van der Waals surface area contributed by atoms with E-state index < -0.39 is 0 Å². The summed E-state index contributed by atoms with van der Waals surface area (Å²) < 4.78 is 0. The van der Waals surface area contributed by atoms with E-state index in [9.17, 15) is 4.79 Å². The van der Waals surface area contributed by atoms with Crippen LogP contribution in [0, 0.1) is 5.92 Å². The Morgan fingerprint density at radius 1 is 1.69 bits per heavy atom. The van der Waals surface area contributed by atoms with Gasteiger partial charge in [-0.05, 0) is 18.4 Å². The van der Waals surface area contributed by atoms with Crippen LogP contribution < -0.4 is 5.32 Å². The highest BCUT2D eigenvalue weighted by Crippen LogP contribution is 2.13. The van der Waals surface area contributed by atoms with Crippen LogP contribution in [0.3, 0.4) is 0 Å². The van der Waals surface area contributed by atoms with Crippen molar-refractivity contribution in [3.63, 3.8) is 0 Å². The second-order valence-electron chi connectivity index (χ2n) is 3.68. The van der Waals surface area contributed by atoms with Crippen LogP contribution in [0.15, 0.2) is 18.5 Å². The largest absolute Gasteiger partial charge is 0.396 e. The van der Waals surface area contributed by atoms with E-state index in [1.807, 2.05) is 6.92 Å². The number of halogens is 1. The average Bonchev–Trinajstić information content (AvgIpc) is 2.27. The summed E-state index contributed by atoms with van der Waals surface area (Å²) in [6.45, 7) is 2.61. The predicted molar refractivity (Wildman–Crippen MR) is 62.4 cm³/mol. The van der Waals surface area contributed by atoms with Gasteiger partial charge >= 0.3 is 0 Å². The number of carbonyl (C=O) groups excluding carboxylic acids is 1. The molecule has 1 rings (SSSR count). The Hall–Kier alpha value is -1.13. The number of aromatic nitrogens is 1. The topological polar surface area (TPSA) is 62.2 Å². The molecule has 1 unspecified atom stereocenters. The fraction of sp³-hybridized carbons (Fsp3) is 0.455. The number of amides is 1. The molecule has 1 aromatic heterocycles. The number of pyridine rings is 1. The molecule has 1 atom stereocenters. The lowest BCUT2D eigenvalue weighted by atomic mass is 10.1. The Labute approximate surface area is 99.6 Å². The van der Waals surface area contributed by atoms with E-state index >= 15 is 0 Å². The van der Waals surface area contributed by atoms with Crippen molar-refractivity contribution in [2.24, 2.45) is 5.92 Å². The predicted octanol–water partition coefficient (Wildman–Crippen LogP) is 1.48. The molecule has 1 amide bonds. The van der Waals surface area contributed by atoms with Crippen LogP contribution in [0.2, 0.25) is 5.02 Å². The van der Waals surface area contributed by atoms with Gasteiger partial charge in [-0.3, -0.25) is 9.78 Å². The van der Waals surface area contributed by atoms with Gasteiger partial charge in [-0.25, -0.2) is 0 Å². The number of hydrogen-bond acceptors (Lipinski definition) is 3. The minimum atomic E-state index is -0.233. The van der Waals surface area contributed by atoms with Gasteiger partial charge < -0.3 is 10.4 Å². The van der Waals surface area contributed by atoms with Crippen molar-refractivity contribution < 1.29 is 9.90 Å². The molecule has 88 valence electrons. The maximum atomic E-state index is 11.7. The molecule has 4 nitrogen and oxygen atoms in total. The van der Waals surface area contributed by atoms with E-state index in [-0.39, 0.29) is 18.4 Å². The molecular formula is C11H15ClN2O2. The normalized spacial score (nSPS) is 12.2. The first-order chi connectivity index (χ1) is 7.65. The molecule has 0 saturated heterocycles. The molecule has 0 aliphatic heterocycles. The molecule has 0 bridgehead atoms. The van der Waals surface area contributed by atoms with Gasteiger partial charge in [0.2, 0.25) is 0 Å². The number of aliphatic hydroxyl groups is 1. The summed E-state index contributed by atoms with van der Waals surface area (Å²) in [5, 5.41) is 11.9. The monoisotopic (exact) mass is 242 g/mol. The van der Waals surface area contributed by atoms with Gasteiger partial charge in [-0.1, -0.05) is 18.5 Å². The van der Waals surface area contributed by atoms with Crippen molar-refractivity contribution in [1.29, 1.82) is 0 Å². The lowest BCUT2D eigenvalue weighted by molar-refractivity contribution is 0.0945. The number of nitrogens with one attached hydrogen (secondary N) is 1. The third kappa shape index (κ3) is 3.79. The Morgan fingerprint density at radius 3 is 3.06 bits per heavy atom. The summed E-state index contributed by atoms with van der Waals surface area (Å²) in [4.78, 5) is 15.5. The summed E-state index contributed by atoms with van der Waals surface area (Å²) >= 11 is 5.85. The molecule has 1 aromatic rings. The number of nitrogens with zero attached hydrogens (tertiary/aromatic N) is 1. The van der Waals surface area contributed by atoms with Crippen LogP contribution in [0.1, 0.15) is 23.7 Å². The van der Waals surface area contributed by atoms with Crippen molar-refractivity contribution >= 4 is 17.5 Å². The van der Waals surface area contributed by atoms with Crippen LogP contribution in [-0.4, -0.2) is 29.1 Å². The minimum absolute atomic E-state index is 0.130. The average molecular weight is 243 g/mol. The first-order valence-corrected chi connectivity index (χ1v) is 5.51. The van der Waals surface area contributed by atoms with Gasteiger partial charge in [0, 0.05) is 25.5 Å². The highest BCUT2D eigenvalue weighted by atomic mass is 35.5. The summed E-state index contributed by atoms with van der Waals surface area (Å²) in [5.74, 6) is 0.00675. The van der Waals surface area contributed by atoms with Crippen LogP contribution in [0.5, 0.6) is 0 Å². The number of rotatable bonds is 5. The number of carbonyl (C=O) groups is 1. The molecular weight excluding hydrogens is 228 g/mol. The summed E-state index contributed by atoms with van der Waals surface area (Å²) in [5.41, 5.74) is 0.375. The fourth-order valence-corrected chi connectivity index (χ4v) is 1.42. The number of hydrogen-bond donors (Lipinski definition) is 2. The molecule has 2 N–H and O–H groups in total. The third-order valence-electron chi connectivity index (χ3n) is 2.25. The Balaban J connectivity index is 2.50. The summed E-state index contributed by atoms with van der Waals surface area (Å²) in [7, 11) is 0. The Bertz CT molecular complexity index is 358. The second-order valence-corrected chi connectivity index (χ2v) is 4.09. The molecule has 0 aliphatic rings. The van der Waals surface area contributed by atoms with E-state index in [2.05, 4.69) is 10.3 Å². The quantitative estimate of drug-likeness (QED) is 0.822. The van der Waals surface area contributed by atoms with Gasteiger partial charge in [0.15, 0.2) is 0 Å². The molecule has 0 spiro atoms.